The Morgan fingerprint density at radius 3 is 2.91 bits per heavy atom. The molecule has 9 nitrogen and oxygen atoms in total. The number of hydrogen-bond donors (Lipinski definition) is 2. The molecule has 3 aromatic heterocycles. The standard InChI is InChI=1S/C14H18N8O/c23-6-3-10-7-22(20-19-10)11-1-4-21(5-2-11)14-12-13(16-8-15-12)17-9-18-14/h7-9,11,23H,1-6H2,(H,15,16,17,18). The molecule has 0 aromatic carbocycles. The summed E-state index contributed by atoms with van der Waals surface area (Å²) in [6, 6.07) is 0.338. The Morgan fingerprint density at radius 2 is 2.09 bits per heavy atom. The SMILES string of the molecule is OCCc1cn(C2CCN(c3ncnc4nc[nH]c34)CC2)nn1. The highest BCUT2D eigenvalue weighted by Crippen LogP contribution is 2.27. The molecule has 120 valence electrons. The van der Waals surface area contributed by atoms with Crippen LogP contribution in [0, 0.1) is 0 Å². The first-order valence-corrected chi connectivity index (χ1v) is 7.76. The fourth-order valence-electron chi connectivity index (χ4n) is 3.06. The summed E-state index contributed by atoms with van der Waals surface area (Å²) in [6.45, 7) is 1.89. The molecule has 0 bridgehead atoms. The Kier molecular flexibility index (Phi) is 3.62. The van der Waals surface area contributed by atoms with Gasteiger partial charge in [0.2, 0.25) is 0 Å². The van der Waals surface area contributed by atoms with Crippen LogP contribution in [0.2, 0.25) is 0 Å². The number of aromatic nitrogens is 7. The number of aliphatic hydroxyl groups is 1. The van der Waals surface area contributed by atoms with Crippen LogP contribution in [0.4, 0.5) is 5.82 Å². The van der Waals surface area contributed by atoms with E-state index in [4.69, 9.17) is 5.11 Å². The van der Waals surface area contributed by atoms with E-state index in [0.717, 1.165) is 43.0 Å². The molecule has 23 heavy (non-hydrogen) atoms. The Hall–Kier alpha value is -2.55. The average Bonchev–Trinajstić information content (AvgIpc) is 3.24. The van der Waals surface area contributed by atoms with Crippen LogP contribution in [-0.4, -0.2) is 59.7 Å². The van der Waals surface area contributed by atoms with Crippen LogP contribution in [0.25, 0.3) is 11.2 Å². The normalized spacial score (nSPS) is 16.3. The fraction of sp³-hybridized carbons (Fsp3) is 0.500. The van der Waals surface area contributed by atoms with Crippen molar-refractivity contribution < 1.29 is 5.11 Å². The molecule has 1 aliphatic rings. The summed E-state index contributed by atoms with van der Waals surface area (Å²) in [7, 11) is 0. The molecular formula is C14H18N8O. The molecule has 0 amide bonds. The molecule has 0 saturated carbocycles. The van der Waals surface area contributed by atoms with E-state index in [0.29, 0.717) is 18.1 Å². The Morgan fingerprint density at radius 1 is 1.22 bits per heavy atom. The zero-order valence-electron chi connectivity index (χ0n) is 12.6. The molecular weight excluding hydrogens is 296 g/mol. The quantitative estimate of drug-likeness (QED) is 0.714. The van der Waals surface area contributed by atoms with Crippen molar-refractivity contribution in [2.24, 2.45) is 0 Å². The van der Waals surface area contributed by atoms with E-state index in [-0.39, 0.29) is 6.61 Å². The molecule has 0 aliphatic carbocycles. The zero-order chi connectivity index (χ0) is 15.6. The number of H-pyrrole nitrogens is 1. The highest BCUT2D eigenvalue weighted by atomic mass is 16.3. The van der Waals surface area contributed by atoms with Crippen LogP contribution in [-0.2, 0) is 6.42 Å². The van der Waals surface area contributed by atoms with Crippen LogP contribution in [0.1, 0.15) is 24.6 Å². The molecule has 0 atom stereocenters. The monoisotopic (exact) mass is 314 g/mol. The van der Waals surface area contributed by atoms with Crippen LogP contribution >= 0.6 is 0 Å². The summed E-state index contributed by atoms with van der Waals surface area (Å²) in [6.07, 6.45) is 7.64. The van der Waals surface area contributed by atoms with E-state index in [1.54, 1.807) is 12.7 Å². The number of aliphatic hydroxyl groups excluding tert-OH is 1. The van der Waals surface area contributed by atoms with Gasteiger partial charge in [0.05, 0.1) is 18.1 Å². The van der Waals surface area contributed by atoms with E-state index in [1.165, 1.54) is 0 Å². The molecule has 1 fully saturated rings. The summed E-state index contributed by atoms with van der Waals surface area (Å²) in [5.74, 6) is 0.908. The van der Waals surface area contributed by atoms with Crippen LogP contribution in [0.3, 0.4) is 0 Å². The average molecular weight is 314 g/mol. The minimum absolute atomic E-state index is 0.102. The van der Waals surface area contributed by atoms with Gasteiger partial charge in [0.25, 0.3) is 0 Å². The zero-order valence-corrected chi connectivity index (χ0v) is 12.6. The minimum Gasteiger partial charge on any atom is -0.396 e. The first-order valence-electron chi connectivity index (χ1n) is 7.76. The number of nitrogens with zero attached hydrogens (tertiary/aromatic N) is 7. The molecule has 1 saturated heterocycles. The fourth-order valence-corrected chi connectivity index (χ4v) is 3.06. The number of aromatic amines is 1. The van der Waals surface area contributed by atoms with Crippen molar-refractivity contribution in [1.29, 1.82) is 0 Å². The Balaban J connectivity index is 1.47. The summed E-state index contributed by atoms with van der Waals surface area (Å²) in [5.41, 5.74) is 2.42. The van der Waals surface area contributed by atoms with Gasteiger partial charge in [-0.25, -0.2) is 19.6 Å². The molecule has 0 radical (unpaired) electrons. The summed E-state index contributed by atoms with van der Waals surface area (Å²) in [5, 5.41) is 17.3. The van der Waals surface area contributed by atoms with E-state index < -0.39 is 0 Å². The number of piperidine rings is 1. The maximum absolute atomic E-state index is 8.97. The van der Waals surface area contributed by atoms with Crippen molar-refractivity contribution in [1.82, 2.24) is 34.9 Å². The highest BCUT2D eigenvalue weighted by Gasteiger charge is 2.24. The molecule has 0 spiro atoms. The largest absolute Gasteiger partial charge is 0.396 e. The highest BCUT2D eigenvalue weighted by molar-refractivity contribution is 5.82. The Bertz CT molecular complexity index is 789. The summed E-state index contributed by atoms with van der Waals surface area (Å²) < 4.78 is 1.92. The van der Waals surface area contributed by atoms with Gasteiger partial charge in [-0.1, -0.05) is 5.21 Å². The number of anilines is 1. The van der Waals surface area contributed by atoms with Crippen molar-refractivity contribution in [2.75, 3.05) is 24.6 Å². The lowest BCUT2D eigenvalue weighted by molar-refractivity contribution is 0.298. The van der Waals surface area contributed by atoms with E-state index >= 15 is 0 Å². The topological polar surface area (TPSA) is 109 Å². The molecule has 3 aromatic rings. The van der Waals surface area contributed by atoms with Gasteiger partial charge in [-0.05, 0) is 12.8 Å². The van der Waals surface area contributed by atoms with Crippen molar-refractivity contribution >= 4 is 17.0 Å². The second-order valence-electron chi connectivity index (χ2n) is 5.68. The second kappa shape index (κ2) is 5.92. The predicted molar refractivity (Wildman–Crippen MR) is 83.0 cm³/mol. The Labute approximate surface area is 132 Å². The van der Waals surface area contributed by atoms with Crippen LogP contribution in [0.15, 0.2) is 18.9 Å². The third-order valence-electron chi connectivity index (χ3n) is 4.27. The lowest BCUT2D eigenvalue weighted by Crippen LogP contribution is -2.35. The van der Waals surface area contributed by atoms with Crippen molar-refractivity contribution in [2.45, 2.75) is 25.3 Å². The first-order chi connectivity index (χ1) is 11.3. The van der Waals surface area contributed by atoms with Gasteiger partial charge in [-0.15, -0.1) is 5.10 Å². The molecule has 4 heterocycles. The minimum atomic E-state index is 0.102. The molecule has 2 N–H and O–H groups in total. The van der Waals surface area contributed by atoms with Gasteiger partial charge in [0, 0.05) is 32.3 Å². The third-order valence-corrected chi connectivity index (χ3v) is 4.27. The van der Waals surface area contributed by atoms with Gasteiger partial charge in [0.15, 0.2) is 11.5 Å². The third kappa shape index (κ3) is 2.63. The van der Waals surface area contributed by atoms with E-state index in [2.05, 4.69) is 35.1 Å². The lowest BCUT2D eigenvalue weighted by atomic mass is 10.1. The van der Waals surface area contributed by atoms with E-state index in [1.807, 2.05) is 10.9 Å². The lowest BCUT2D eigenvalue weighted by Gasteiger charge is -2.32. The molecule has 9 heteroatoms. The predicted octanol–water partition coefficient (Wildman–Crippen LogP) is 0.321. The van der Waals surface area contributed by atoms with Gasteiger partial charge < -0.3 is 15.0 Å². The molecule has 1 aliphatic heterocycles. The first kappa shape index (κ1) is 14.1. The van der Waals surface area contributed by atoms with Crippen LogP contribution in [0.5, 0.6) is 0 Å². The number of nitrogens with one attached hydrogen (secondary N) is 1. The maximum Gasteiger partial charge on any atom is 0.182 e. The molecule has 0 unspecified atom stereocenters. The van der Waals surface area contributed by atoms with Gasteiger partial charge in [-0.2, -0.15) is 0 Å². The van der Waals surface area contributed by atoms with Gasteiger partial charge in [-0.3, -0.25) is 0 Å². The van der Waals surface area contributed by atoms with Crippen LogP contribution < -0.4 is 4.90 Å². The second-order valence-corrected chi connectivity index (χ2v) is 5.68. The van der Waals surface area contributed by atoms with Crippen molar-refractivity contribution in [3.8, 4) is 0 Å². The van der Waals surface area contributed by atoms with Crippen molar-refractivity contribution in [3.63, 3.8) is 0 Å². The number of hydrogen-bond acceptors (Lipinski definition) is 7. The number of imidazole rings is 1. The maximum atomic E-state index is 8.97. The smallest absolute Gasteiger partial charge is 0.182 e. The van der Waals surface area contributed by atoms with Gasteiger partial charge in [0.1, 0.15) is 11.8 Å². The number of fused-ring (bicyclic) bond motifs is 1. The summed E-state index contributed by atoms with van der Waals surface area (Å²) >= 11 is 0. The number of rotatable bonds is 4. The van der Waals surface area contributed by atoms with Crippen molar-refractivity contribution in [3.05, 3.63) is 24.5 Å². The summed E-state index contributed by atoms with van der Waals surface area (Å²) in [4.78, 5) is 18.1. The van der Waals surface area contributed by atoms with E-state index in [9.17, 15) is 0 Å². The molecule has 4 rings (SSSR count). The van der Waals surface area contributed by atoms with Gasteiger partial charge >= 0.3 is 0 Å².